The second kappa shape index (κ2) is 4.93. The quantitative estimate of drug-likeness (QED) is 0.785. The van der Waals surface area contributed by atoms with Gasteiger partial charge in [0.05, 0.1) is 0 Å². The number of carbonyl (C=O) groups is 2. The van der Waals surface area contributed by atoms with Gasteiger partial charge in [-0.3, -0.25) is 9.59 Å². The van der Waals surface area contributed by atoms with Crippen LogP contribution in [0.5, 0.6) is 0 Å². The monoisotopic (exact) mass is 314 g/mol. The molecule has 0 saturated heterocycles. The van der Waals surface area contributed by atoms with Gasteiger partial charge < -0.3 is 5.11 Å². The summed E-state index contributed by atoms with van der Waals surface area (Å²) in [4.78, 5) is 25.3. The van der Waals surface area contributed by atoms with E-state index in [1.165, 1.54) is 0 Å². The van der Waals surface area contributed by atoms with Crippen LogP contribution in [0.2, 0.25) is 0 Å². The normalized spacial score (nSPS) is 33.2. The van der Waals surface area contributed by atoms with Gasteiger partial charge in [0.15, 0.2) is 11.5 Å². The first-order chi connectivity index (χ1) is 10.6. The van der Waals surface area contributed by atoms with Crippen molar-refractivity contribution in [2.75, 3.05) is 0 Å². The smallest absolute Gasteiger partial charge is 0.220 e. The molecule has 0 aromatic heterocycles. The molecule has 23 heavy (non-hydrogen) atoms. The van der Waals surface area contributed by atoms with Crippen LogP contribution < -0.4 is 0 Å². The summed E-state index contributed by atoms with van der Waals surface area (Å²) in [6.45, 7) is 10.4. The number of allylic oxidation sites excluding steroid dienone is 5. The Morgan fingerprint density at radius 1 is 1.13 bits per heavy atom. The molecule has 0 heterocycles. The number of rotatable bonds is 1. The molecule has 3 heteroatoms. The van der Waals surface area contributed by atoms with Crippen LogP contribution in [0.3, 0.4) is 0 Å². The molecular weight excluding hydrogens is 288 g/mol. The van der Waals surface area contributed by atoms with E-state index in [-0.39, 0.29) is 40.0 Å². The Bertz CT molecular complexity index is 688. The Kier molecular flexibility index (Phi) is 3.48. The number of fused-ring (bicyclic) bond motifs is 3. The lowest BCUT2D eigenvalue weighted by atomic mass is 9.49. The zero-order valence-corrected chi connectivity index (χ0v) is 14.7. The third kappa shape index (κ3) is 2.16. The number of hydrogen-bond acceptors (Lipinski definition) is 3. The molecule has 3 aliphatic carbocycles. The summed E-state index contributed by atoms with van der Waals surface area (Å²) < 4.78 is 0. The Labute approximate surface area is 138 Å². The van der Waals surface area contributed by atoms with E-state index in [2.05, 4.69) is 20.8 Å². The van der Waals surface area contributed by atoms with E-state index in [4.69, 9.17) is 0 Å². The van der Waals surface area contributed by atoms with Crippen LogP contribution in [0.4, 0.5) is 0 Å². The molecule has 0 spiro atoms. The van der Waals surface area contributed by atoms with Gasteiger partial charge in [-0.25, -0.2) is 0 Å². The van der Waals surface area contributed by atoms with Gasteiger partial charge in [-0.1, -0.05) is 41.0 Å². The van der Waals surface area contributed by atoms with E-state index in [0.29, 0.717) is 5.57 Å². The summed E-state index contributed by atoms with van der Waals surface area (Å²) in [7, 11) is 0. The molecule has 0 amide bonds. The summed E-state index contributed by atoms with van der Waals surface area (Å²) in [5, 5.41) is 10.2. The predicted octanol–water partition coefficient (Wildman–Crippen LogP) is 4.31. The highest BCUT2D eigenvalue weighted by Gasteiger charge is 2.55. The van der Waals surface area contributed by atoms with Crippen molar-refractivity contribution >= 4 is 11.6 Å². The number of hydrogen-bond donors (Lipinski definition) is 1. The van der Waals surface area contributed by atoms with Gasteiger partial charge in [-0.05, 0) is 47.5 Å². The van der Waals surface area contributed by atoms with E-state index in [9.17, 15) is 14.7 Å². The lowest BCUT2D eigenvalue weighted by molar-refractivity contribution is -0.130. The van der Waals surface area contributed by atoms with Crippen molar-refractivity contribution in [3.63, 3.8) is 0 Å². The van der Waals surface area contributed by atoms with Crippen LogP contribution in [-0.4, -0.2) is 16.7 Å². The summed E-state index contributed by atoms with van der Waals surface area (Å²) >= 11 is 0. The van der Waals surface area contributed by atoms with Crippen LogP contribution >= 0.6 is 0 Å². The highest BCUT2D eigenvalue weighted by atomic mass is 16.3. The molecule has 0 aromatic carbocycles. The first kappa shape index (κ1) is 16.2. The minimum Gasteiger partial charge on any atom is -0.504 e. The Balaban J connectivity index is 2.25. The SMILES string of the molecule is CC(C)C1=C(O)C(=O)C=C2C1=CC(=O)[C@H]1C(C)(C)CCC[C@]21C. The maximum Gasteiger partial charge on any atom is 0.220 e. The predicted molar refractivity (Wildman–Crippen MR) is 89.9 cm³/mol. The van der Waals surface area contributed by atoms with E-state index >= 15 is 0 Å². The topological polar surface area (TPSA) is 54.4 Å². The lowest BCUT2D eigenvalue weighted by Gasteiger charge is -2.54. The van der Waals surface area contributed by atoms with Crippen molar-refractivity contribution in [2.45, 2.75) is 53.9 Å². The molecule has 0 bridgehead atoms. The molecule has 3 nitrogen and oxygen atoms in total. The number of aliphatic hydroxyl groups excluding tert-OH is 1. The van der Waals surface area contributed by atoms with Crippen LogP contribution in [0.15, 0.2) is 34.6 Å². The van der Waals surface area contributed by atoms with Gasteiger partial charge in [0.2, 0.25) is 5.78 Å². The Morgan fingerprint density at radius 3 is 2.39 bits per heavy atom. The van der Waals surface area contributed by atoms with E-state index in [1.54, 1.807) is 12.2 Å². The van der Waals surface area contributed by atoms with Crippen LogP contribution in [0.25, 0.3) is 0 Å². The van der Waals surface area contributed by atoms with Crippen LogP contribution in [0, 0.1) is 22.7 Å². The maximum absolute atomic E-state index is 13.0. The fourth-order valence-electron chi connectivity index (χ4n) is 5.17. The average molecular weight is 314 g/mol. The van der Waals surface area contributed by atoms with Crippen LogP contribution in [0.1, 0.15) is 53.9 Å². The minimum absolute atomic E-state index is 0.00143. The third-order valence-electron chi connectivity index (χ3n) is 6.04. The van der Waals surface area contributed by atoms with Crippen molar-refractivity contribution in [3.8, 4) is 0 Å². The average Bonchev–Trinajstić information content (AvgIpc) is 2.39. The first-order valence-electron chi connectivity index (χ1n) is 8.55. The van der Waals surface area contributed by atoms with Crippen molar-refractivity contribution in [1.29, 1.82) is 0 Å². The van der Waals surface area contributed by atoms with Crippen molar-refractivity contribution in [1.82, 2.24) is 0 Å². The molecule has 1 fully saturated rings. The highest BCUT2D eigenvalue weighted by Crippen LogP contribution is 2.60. The molecule has 0 unspecified atom stereocenters. The minimum atomic E-state index is -0.321. The molecule has 3 aliphatic rings. The van der Waals surface area contributed by atoms with Gasteiger partial charge >= 0.3 is 0 Å². The molecule has 3 rings (SSSR count). The summed E-state index contributed by atoms with van der Waals surface area (Å²) in [6, 6.07) is 0. The summed E-state index contributed by atoms with van der Waals surface area (Å²) in [5.41, 5.74) is 1.99. The van der Waals surface area contributed by atoms with Gasteiger partial charge in [-0.2, -0.15) is 0 Å². The lowest BCUT2D eigenvalue weighted by Crippen LogP contribution is -2.50. The first-order valence-corrected chi connectivity index (χ1v) is 8.55. The number of carbonyl (C=O) groups excluding carboxylic acids is 2. The molecule has 1 saturated carbocycles. The highest BCUT2D eigenvalue weighted by molar-refractivity contribution is 6.09. The zero-order valence-electron chi connectivity index (χ0n) is 14.7. The summed E-state index contributed by atoms with van der Waals surface area (Å²) in [5.74, 6) is -0.471. The molecule has 0 aromatic rings. The Hall–Kier alpha value is -1.64. The molecule has 1 N–H and O–H groups in total. The standard InChI is InChI=1S/C20H26O3/c1-11(2)16-12-9-15(22)18-19(3,4)7-6-8-20(18,5)13(12)10-14(21)17(16)23/h9-11,18,23H,6-8H2,1-5H3/t18-,20+/m0/s1. The van der Waals surface area contributed by atoms with Crippen LogP contribution in [-0.2, 0) is 9.59 Å². The second-order valence-electron chi connectivity index (χ2n) is 8.49. The van der Waals surface area contributed by atoms with Gasteiger partial charge in [0.1, 0.15) is 0 Å². The molecule has 0 aliphatic heterocycles. The third-order valence-corrected chi connectivity index (χ3v) is 6.04. The maximum atomic E-state index is 13.0. The zero-order chi connectivity index (χ0) is 17.2. The van der Waals surface area contributed by atoms with Gasteiger partial charge in [0, 0.05) is 16.9 Å². The van der Waals surface area contributed by atoms with Crippen molar-refractivity contribution in [3.05, 3.63) is 34.6 Å². The summed E-state index contributed by atoms with van der Waals surface area (Å²) in [6.07, 6.45) is 6.26. The second-order valence-corrected chi connectivity index (χ2v) is 8.49. The molecule has 124 valence electrons. The van der Waals surface area contributed by atoms with E-state index < -0.39 is 0 Å². The molecule has 2 atom stereocenters. The van der Waals surface area contributed by atoms with Gasteiger partial charge in [-0.15, -0.1) is 0 Å². The van der Waals surface area contributed by atoms with Crippen molar-refractivity contribution < 1.29 is 14.7 Å². The molecule has 0 radical (unpaired) electrons. The van der Waals surface area contributed by atoms with Gasteiger partial charge in [0.25, 0.3) is 0 Å². The molecular formula is C20H26O3. The Morgan fingerprint density at radius 2 is 1.78 bits per heavy atom. The van der Waals surface area contributed by atoms with Crippen molar-refractivity contribution in [2.24, 2.45) is 22.7 Å². The van der Waals surface area contributed by atoms with E-state index in [1.807, 2.05) is 13.8 Å². The van der Waals surface area contributed by atoms with E-state index in [0.717, 1.165) is 30.4 Å². The fraction of sp³-hybridized carbons (Fsp3) is 0.600. The largest absolute Gasteiger partial charge is 0.504 e. The number of ketones is 2. The number of aliphatic hydroxyl groups is 1. The fourth-order valence-corrected chi connectivity index (χ4v) is 5.17.